The highest BCUT2D eigenvalue weighted by atomic mass is 79.9. The van der Waals surface area contributed by atoms with Gasteiger partial charge in [-0.1, -0.05) is 94.7 Å². The Morgan fingerprint density at radius 3 is 1.83 bits per heavy atom. The lowest BCUT2D eigenvalue weighted by atomic mass is 9.90. The normalized spacial score (nSPS) is 14.3. The van der Waals surface area contributed by atoms with Crippen LogP contribution in [0.5, 0.6) is 11.5 Å². The maximum atomic E-state index is 11.0. The van der Waals surface area contributed by atoms with E-state index in [1.165, 1.54) is 0 Å². The van der Waals surface area contributed by atoms with Crippen LogP contribution in [0.3, 0.4) is 0 Å². The predicted molar refractivity (Wildman–Crippen MR) is 132 cm³/mol. The molecule has 2 aromatic rings. The van der Waals surface area contributed by atoms with Gasteiger partial charge in [0.05, 0.1) is 13.2 Å². The van der Waals surface area contributed by atoms with Crippen LogP contribution < -0.4 is 9.16 Å². The minimum Gasteiger partial charge on any atom is -0.540 e. The van der Waals surface area contributed by atoms with Gasteiger partial charge in [-0.2, -0.15) is 0 Å². The Morgan fingerprint density at radius 1 is 0.833 bits per heavy atom. The molecule has 0 spiro atoms. The molecule has 0 aliphatic heterocycles. The number of aliphatic hydroxyl groups excluding tert-OH is 1. The van der Waals surface area contributed by atoms with E-state index < -0.39 is 14.4 Å². The van der Waals surface area contributed by atoms with Crippen molar-refractivity contribution in [1.29, 1.82) is 0 Å². The molecule has 0 saturated carbocycles. The lowest BCUT2D eigenvalue weighted by Crippen LogP contribution is -2.50. The fourth-order valence-corrected chi connectivity index (χ4v) is 10.7. The Hall–Kier alpha value is -1.30. The number of hydrogen-bond acceptors (Lipinski definition) is 3. The van der Waals surface area contributed by atoms with Crippen molar-refractivity contribution in [1.82, 2.24) is 0 Å². The monoisotopic (exact) mass is 492 g/mol. The summed E-state index contributed by atoms with van der Waals surface area (Å²) in [5.74, 6) is 1.40. The Balaban J connectivity index is 2.53. The third-order valence-corrected chi connectivity index (χ3v) is 13.1. The maximum Gasteiger partial charge on any atom is 0.258 e. The van der Waals surface area contributed by atoms with Crippen molar-refractivity contribution in [2.75, 3.05) is 7.11 Å². The lowest BCUT2D eigenvalue weighted by molar-refractivity contribution is 0.151. The number of ether oxygens (including phenoxy) is 1. The quantitative estimate of drug-likeness (QED) is 0.362. The second-order valence-electron chi connectivity index (χ2n) is 9.09. The summed E-state index contributed by atoms with van der Waals surface area (Å²) in [6.07, 6.45) is -0.606. The molecule has 30 heavy (non-hydrogen) atoms. The smallest absolute Gasteiger partial charge is 0.258 e. The zero-order valence-electron chi connectivity index (χ0n) is 19.6. The molecular weight excluding hydrogens is 456 g/mol. The summed E-state index contributed by atoms with van der Waals surface area (Å²) in [5, 5.41) is 11.0. The Labute approximate surface area is 192 Å². The Kier molecular flexibility index (Phi) is 8.60. The molecule has 0 fully saturated rings. The van der Waals surface area contributed by atoms with E-state index in [4.69, 9.17) is 9.16 Å². The fourth-order valence-electron chi connectivity index (χ4n) is 4.79. The van der Waals surface area contributed by atoms with E-state index in [9.17, 15) is 5.11 Å². The van der Waals surface area contributed by atoms with Gasteiger partial charge in [0.2, 0.25) is 0 Å². The summed E-state index contributed by atoms with van der Waals surface area (Å²) in [6, 6.07) is 13.8. The first kappa shape index (κ1) is 25.0. The molecule has 2 aromatic carbocycles. The number of aliphatic hydroxyl groups is 1. The van der Waals surface area contributed by atoms with Crippen LogP contribution in [0.2, 0.25) is 16.6 Å². The summed E-state index contributed by atoms with van der Waals surface area (Å²) in [6.45, 7) is 15.7. The molecule has 0 amide bonds. The highest BCUT2D eigenvalue weighted by Crippen LogP contribution is 2.47. The van der Waals surface area contributed by atoms with E-state index in [1.807, 2.05) is 43.3 Å². The molecule has 0 aliphatic rings. The molecular formula is C25H37BrO3Si. The third kappa shape index (κ3) is 4.95. The van der Waals surface area contributed by atoms with Crippen molar-refractivity contribution in [3.63, 3.8) is 0 Å². The predicted octanol–water partition coefficient (Wildman–Crippen LogP) is 7.85. The van der Waals surface area contributed by atoms with Crippen LogP contribution in [0.1, 0.15) is 71.6 Å². The average Bonchev–Trinajstić information content (AvgIpc) is 2.71. The van der Waals surface area contributed by atoms with E-state index in [1.54, 1.807) is 7.11 Å². The third-order valence-electron chi connectivity index (χ3n) is 6.38. The van der Waals surface area contributed by atoms with Crippen molar-refractivity contribution >= 4 is 24.2 Å². The van der Waals surface area contributed by atoms with Gasteiger partial charge in [0, 0.05) is 10.4 Å². The number of methoxy groups -OCH3 is 1. The second kappa shape index (κ2) is 10.3. The van der Waals surface area contributed by atoms with Gasteiger partial charge in [-0.05, 0) is 39.9 Å². The van der Waals surface area contributed by atoms with Crippen molar-refractivity contribution in [3.8, 4) is 11.5 Å². The first-order chi connectivity index (χ1) is 14.1. The number of halogens is 1. The van der Waals surface area contributed by atoms with Crippen LogP contribution in [0.15, 0.2) is 46.9 Å². The Bertz CT molecular complexity index is 799. The molecule has 2 rings (SSSR count). The topological polar surface area (TPSA) is 38.7 Å². The van der Waals surface area contributed by atoms with Crippen molar-refractivity contribution in [2.24, 2.45) is 0 Å². The van der Waals surface area contributed by atoms with Gasteiger partial charge in [0.1, 0.15) is 5.75 Å². The number of hydrogen-bond donors (Lipinski definition) is 1. The summed E-state index contributed by atoms with van der Waals surface area (Å²) in [5.41, 5.74) is 3.30. The van der Waals surface area contributed by atoms with Crippen LogP contribution in [0.4, 0.5) is 0 Å². The number of benzene rings is 2. The molecule has 1 N–H and O–H groups in total. The van der Waals surface area contributed by atoms with Crippen LogP contribution >= 0.6 is 15.9 Å². The van der Waals surface area contributed by atoms with Crippen molar-refractivity contribution < 1.29 is 14.3 Å². The molecule has 3 nitrogen and oxygen atoms in total. The highest BCUT2D eigenvalue weighted by Gasteiger charge is 2.47. The first-order valence-corrected chi connectivity index (χ1v) is 13.8. The van der Waals surface area contributed by atoms with Crippen LogP contribution in [0, 0.1) is 0 Å². The maximum absolute atomic E-state index is 11.0. The van der Waals surface area contributed by atoms with Gasteiger partial charge in [-0.15, -0.1) is 0 Å². The average molecular weight is 494 g/mol. The van der Waals surface area contributed by atoms with Crippen LogP contribution in [-0.2, 0) is 0 Å². The molecule has 5 heteroatoms. The molecule has 2 atom stereocenters. The first-order valence-electron chi connectivity index (χ1n) is 10.9. The van der Waals surface area contributed by atoms with Crippen molar-refractivity contribution in [3.05, 3.63) is 58.1 Å². The molecule has 0 aliphatic carbocycles. The molecule has 0 radical (unpaired) electrons. The largest absolute Gasteiger partial charge is 0.540 e. The SMILES string of the molecule is COc1cc(Br)c([C@@H](C)[C@@H](O)c2ccccc2)cc1O[Si](C(C)C)(C(C)C)C(C)C. The molecule has 0 aromatic heterocycles. The molecule has 0 bridgehead atoms. The molecule has 0 saturated heterocycles. The van der Waals surface area contributed by atoms with Gasteiger partial charge < -0.3 is 14.3 Å². The summed E-state index contributed by atoms with van der Waals surface area (Å²) >= 11 is 3.69. The summed E-state index contributed by atoms with van der Waals surface area (Å²) in [4.78, 5) is 0. The van der Waals surface area contributed by atoms with Gasteiger partial charge in [-0.25, -0.2) is 0 Å². The van der Waals surface area contributed by atoms with E-state index in [0.717, 1.165) is 27.1 Å². The van der Waals surface area contributed by atoms with E-state index in [-0.39, 0.29) is 5.92 Å². The minimum atomic E-state index is -2.14. The van der Waals surface area contributed by atoms with E-state index in [0.29, 0.717) is 16.6 Å². The van der Waals surface area contributed by atoms with E-state index >= 15 is 0 Å². The summed E-state index contributed by atoms with van der Waals surface area (Å²) in [7, 11) is -0.460. The minimum absolute atomic E-state index is 0.108. The lowest BCUT2D eigenvalue weighted by Gasteiger charge is -2.42. The van der Waals surface area contributed by atoms with Gasteiger partial charge in [-0.3, -0.25) is 0 Å². The van der Waals surface area contributed by atoms with Gasteiger partial charge in [0.25, 0.3) is 8.32 Å². The van der Waals surface area contributed by atoms with Gasteiger partial charge in [0.15, 0.2) is 5.75 Å². The molecule has 166 valence electrons. The zero-order chi connectivity index (χ0) is 22.6. The van der Waals surface area contributed by atoms with Crippen molar-refractivity contribution in [2.45, 2.75) is 77.1 Å². The highest BCUT2D eigenvalue weighted by molar-refractivity contribution is 9.10. The molecule has 0 unspecified atom stereocenters. The zero-order valence-corrected chi connectivity index (χ0v) is 22.2. The van der Waals surface area contributed by atoms with Crippen LogP contribution in [0.25, 0.3) is 0 Å². The summed E-state index contributed by atoms with van der Waals surface area (Å²) < 4.78 is 13.6. The number of rotatable bonds is 9. The van der Waals surface area contributed by atoms with Gasteiger partial charge >= 0.3 is 0 Å². The van der Waals surface area contributed by atoms with Crippen LogP contribution in [-0.4, -0.2) is 20.5 Å². The second-order valence-corrected chi connectivity index (χ2v) is 15.3. The van der Waals surface area contributed by atoms with E-state index in [2.05, 4.69) is 63.5 Å². The molecule has 0 heterocycles. The Morgan fingerprint density at radius 2 is 1.37 bits per heavy atom. The standard InChI is InChI=1S/C25H37BrO3Si/c1-16(2)30(17(3)4,18(5)6)29-24-14-21(22(26)15-23(24)28-8)19(7)25(27)20-12-10-9-11-13-20/h9-19,25,27H,1-8H3/t19-,25-/m1/s1. The fraction of sp³-hybridized carbons (Fsp3) is 0.520.